The molecule has 0 bridgehead atoms. The van der Waals surface area contributed by atoms with Gasteiger partial charge in [-0.05, 0) is 30.7 Å². The standard InChI is InChI=1S/C23H24N6O4/c1-15-4-3-7-29-20(15)27-21-18(23(29)32)12-17(19(24)28(21)8-10-33-11-9-30)22(31)26-14-16-5-2-6-25-13-16/h2-7,12-13,24,30H,8-11,14H2,1H3,(H,26,31)/p+1. The van der Waals surface area contributed by atoms with Crippen molar-refractivity contribution in [3.8, 4) is 0 Å². The van der Waals surface area contributed by atoms with Gasteiger partial charge in [-0.1, -0.05) is 17.1 Å². The molecule has 0 aromatic carbocycles. The van der Waals surface area contributed by atoms with Crippen molar-refractivity contribution in [2.24, 2.45) is 0 Å². The van der Waals surface area contributed by atoms with E-state index in [1.807, 2.05) is 19.1 Å². The molecule has 4 heterocycles. The normalized spacial score (nSPS) is 11.2. The zero-order valence-electron chi connectivity index (χ0n) is 18.2. The van der Waals surface area contributed by atoms with E-state index in [9.17, 15) is 9.59 Å². The number of hydrogen-bond donors (Lipinski definition) is 3. The van der Waals surface area contributed by atoms with Crippen molar-refractivity contribution in [1.82, 2.24) is 19.7 Å². The number of nitrogens with two attached hydrogens (primary N) is 1. The summed E-state index contributed by atoms with van der Waals surface area (Å²) in [6, 6.07) is 8.75. The third-order valence-corrected chi connectivity index (χ3v) is 5.29. The highest BCUT2D eigenvalue weighted by Crippen LogP contribution is 2.16. The Morgan fingerprint density at radius 1 is 1.30 bits per heavy atom. The quantitative estimate of drug-likeness (QED) is 0.201. The van der Waals surface area contributed by atoms with Crippen LogP contribution in [0.25, 0.3) is 16.7 Å². The van der Waals surface area contributed by atoms with E-state index in [4.69, 9.17) is 20.6 Å². The third kappa shape index (κ3) is 4.52. The van der Waals surface area contributed by atoms with Gasteiger partial charge in [0.05, 0.1) is 26.4 Å². The van der Waals surface area contributed by atoms with Gasteiger partial charge in [0, 0.05) is 30.7 Å². The van der Waals surface area contributed by atoms with E-state index in [2.05, 4.69) is 10.3 Å². The lowest BCUT2D eigenvalue weighted by Gasteiger charge is -2.13. The Morgan fingerprint density at radius 2 is 2.15 bits per heavy atom. The van der Waals surface area contributed by atoms with Crippen molar-refractivity contribution in [3.05, 3.63) is 76.0 Å². The van der Waals surface area contributed by atoms with Crippen LogP contribution in [0, 0.1) is 6.92 Å². The van der Waals surface area contributed by atoms with Crippen LogP contribution in [-0.4, -0.2) is 45.2 Å². The first kappa shape index (κ1) is 22.3. The minimum Gasteiger partial charge on any atom is -0.394 e. The van der Waals surface area contributed by atoms with Crippen molar-refractivity contribution in [1.29, 1.82) is 0 Å². The Bertz CT molecular complexity index is 1370. The Labute approximate surface area is 189 Å². The van der Waals surface area contributed by atoms with Crippen LogP contribution in [0.5, 0.6) is 0 Å². The van der Waals surface area contributed by atoms with Crippen LogP contribution in [0.2, 0.25) is 0 Å². The number of aromatic nitrogens is 4. The number of aryl methyl sites for hydroxylation is 1. The van der Waals surface area contributed by atoms with Gasteiger partial charge >= 0.3 is 0 Å². The van der Waals surface area contributed by atoms with Crippen molar-refractivity contribution >= 4 is 28.4 Å². The molecule has 0 unspecified atom stereocenters. The van der Waals surface area contributed by atoms with Gasteiger partial charge < -0.3 is 20.9 Å². The first-order chi connectivity index (χ1) is 16.0. The van der Waals surface area contributed by atoms with Gasteiger partial charge in [0.2, 0.25) is 11.5 Å². The van der Waals surface area contributed by atoms with E-state index in [-0.39, 0.29) is 55.2 Å². The van der Waals surface area contributed by atoms with Crippen LogP contribution in [0.3, 0.4) is 0 Å². The molecule has 0 atom stereocenters. The van der Waals surface area contributed by atoms with E-state index in [0.29, 0.717) is 11.3 Å². The summed E-state index contributed by atoms with van der Waals surface area (Å²) in [5.41, 5.74) is 8.80. The molecule has 0 aliphatic heterocycles. The van der Waals surface area contributed by atoms with Gasteiger partial charge in [-0.2, -0.15) is 0 Å². The highest BCUT2D eigenvalue weighted by Gasteiger charge is 2.24. The molecule has 10 heteroatoms. The Morgan fingerprint density at radius 3 is 2.91 bits per heavy atom. The predicted molar refractivity (Wildman–Crippen MR) is 122 cm³/mol. The molecule has 170 valence electrons. The van der Waals surface area contributed by atoms with Gasteiger partial charge in [0.25, 0.3) is 17.1 Å². The lowest BCUT2D eigenvalue weighted by atomic mass is 10.1. The van der Waals surface area contributed by atoms with Crippen molar-refractivity contribution in [2.75, 3.05) is 25.6 Å². The topological polar surface area (TPSA) is 136 Å². The molecule has 0 fully saturated rings. The van der Waals surface area contributed by atoms with E-state index in [1.54, 1.807) is 35.3 Å². The van der Waals surface area contributed by atoms with Gasteiger partial charge in [-0.3, -0.25) is 19.0 Å². The monoisotopic (exact) mass is 449 g/mol. The number of nitrogens with one attached hydrogen (secondary N) is 1. The number of ether oxygens (including phenoxy) is 1. The zero-order valence-corrected chi connectivity index (χ0v) is 18.2. The number of aliphatic hydroxyl groups is 1. The fraction of sp³-hybridized carbons (Fsp3) is 0.261. The largest absolute Gasteiger partial charge is 0.394 e. The number of carbonyl (C=O) groups excluding carboxylic acids is 1. The molecule has 0 spiro atoms. The molecule has 10 nitrogen and oxygen atoms in total. The third-order valence-electron chi connectivity index (χ3n) is 5.29. The highest BCUT2D eigenvalue weighted by molar-refractivity contribution is 6.00. The minimum atomic E-state index is -0.419. The summed E-state index contributed by atoms with van der Waals surface area (Å²) in [6.07, 6.45) is 4.96. The Balaban J connectivity index is 1.82. The molecular formula is C23H25N6O4+. The maximum atomic E-state index is 13.3. The van der Waals surface area contributed by atoms with Crippen LogP contribution in [0.15, 0.2) is 53.7 Å². The fourth-order valence-corrected chi connectivity index (χ4v) is 3.62. The maximum Gasteiger partial charge on any atom is 0.278 e. The van der Waals surface area contributed by atoms with E-state index < -0.39 is 5.91 Å². The zero-order chi connectivity index (χ0) is 23.4. The molecule has 1 amide bonds. The van der Waals surface area contributed by atoms with Crippen molar-refractivity contribution in [3.63, 3.8) is 0 Å². The number of aliphatic hydroxyl groups excluding tert-OH is 1. The summed E-state index contributed by atoms with van der Waals surface area (Å²) in [4.78, 5) is 35.1. The van der Waals surface area contributed by atoms with Crippen molar-refractivity contribution in [2.45, 2.75) is 20.0 Å². The summed E-state index contributed by atoms with van der Waals surface area (Å²) in [6.45, 7) is 2.66. The maximum absolute atomic E-state index is 13.3. The number of rotatable bonds is 8. The molecule has 33 heavy (non-hydrogen) atoms. The van der Waals surface area contributed by atoms with E-state index >= 15 is 0 Å². The number of carbonyl (C=O) groups is 1. The number of amides is 1. The average Bonchev–Trinajstić information content (AvgIpc) is 2.83. The second-order valence-electron chi connectivity index (χ2n) is 7.51. The van der Waals surface area contributed by atoms with Crippen LogP contribution in [-0.2, 0) is 17.8 Å². The smallest absolute Gasteiger partial charge is 0.278 e. The predicted octanol–water partition coefficient (Wildman–Crippen LogP) is 0.360. The summed E-state index contributed by atoms with van der Waals surface area (Å²) in [5, 5.41) is 12.1. The Hall–Kier alpha value is -3.89. The summed E-state index contributed by atoms with van der Waals surface area (Å²) in [5.74, 6) is -0.249. The van der Waals surface area contributed by atoms with Crippen LogP contribution in [0.1, 0.15) is 21.5 Å². The molecule has 0 saturated carbocycles. The second kappa shape index (κ2) is 9.72. The van der Waals surface area contributed by atoms with Crippen LogP contribution >= 0.6 is 0 Å². The number of nitrogen functional groups attached to an aromatic ring is 1. The molecule has 4 aromatic heterocycles. The first-order valence-electron chi connectivity index (χ1n) is 10.5. The number of anilines is 1. The molecule has 4 aromatic rings. The highest BCUT2D eigenvalue weighted by atomic mass is 16.5. The molecular weight excluding hydrogens is 424 g/mol. The molecule has 4 N–H and O–H groups in total. The van der Waals surface area contributed by atoms with Crippen LogP contribution in [0.4, 0.5) is 5.82 Å². The van der Waals surface area contributed by atoms with Crippen molar-refractivity contribution < 1.29 is 19.2 Å². The number of fused-ring (bicyclic) bond motifs is 2. The number of pyridine rings is 3. The van der Waals surface area contributed by atoms with Gasteiger partial charge in [-0.15, -0.1) is 0 Å². The van der Waals surface area contributed by atoms with Gasteiger partial charge in [-0.25, -0.2) is 4.57 Å². The fourth-order valence-electron chi connectivity index (χ4n) is 3.62. The summed E-state index contributed by atoms with van der Waals surface area (Å²) in [7, 11) is 0. The number of hydrogen-bond acceptors (Lipinski definition) is 7. The van der Waals surface area contributed by atoms with Gasteiger partial charge in [0.15, 0.2) is 0 Å². The summed E-state index contributed by atoms with van der Waals surface area (Å²) < 4.78 is 8.46. The minimum absolute atomic E-state index is 0.110. The Kier molecular flexibility index (Phi) is 6.57. The lowest BCUT2D eigenvalue weighted by Crippen LogP contribution is -2.44. The van der Waals surface area contributed by atoms with Crippen LogP contribution < -0.4 is 21.2 Å². The van der Waals surface area contributed by atoms with E-state index in [1.165, 1.54) is 10.5 Å². The first-order valence-corrected chi connectivity index (χ1v) is 10.5. The lowest BCUT2D eigenvalue weighted by molar-refractivity contribution is -0.660. The molecule has 4 rings (SSSR count). The summed E-state index contributed by atoms with van der Waals surface area (Å²) >= 11 is 0. The average molecular weight is 449 g/mol. The second-order valence-corrected chi connectivity index (χ2v) is 7.51. The molecule has 0 aliphatic rings. The van der Waals surface area contributed by atoms with E-state index in [0.717, 1.165) is 11.1 Å². The molecule has 0 radical (unpaired) electrons. The molecule has 0 aliphatic carbocycles. The van der Waals surface area contributed by atoms with Gasteiger partial charge in [0.1, 0.15) is 10.9 Å². The molecule has 0 saturated heterocycles. The SMILES string of the molecule is Cc1cccn2c(=O)c3cc(C(=O)NCc4cccnc4)c(N)[n+](CCOCCO)c3nc12. The number of nitrogens with zero attached hydrogens (tertiary/aromatic N) is 4.